The van der Waals surface area contributed by atoms with E-state index in [9.17, 15) is 9.59 Å². The van der Waals surface area contributed by atoms with Crippen LogP contribution in [0, 0.1) is 0 Å². The van der Waals surface area contributed by atoms with Gasteiger partial charge in [-0.2, -0.15) is 5.06 Å². The lowest BCUT2D eigenvalue weighted by molar-refractivity contribution is -0.322. The summed E-state index contributed by atoms with van der Waals surface area (Å²) in [6, 6.07) is 16.6. The van der Waals surface area contributed by atoms with Crippen LogP contribution in [0.2, 0.25) is 0 Å². The van der Waals surface area contributed by atoms with Crippen LogP contribution in [0.5, 0.6) is 0 Å². The molecule has 0 aromatic heterocycles. The third-order valence-electron chi connectivity index (χ3n) is 6.98. The molecular formula is C28H37NO5. The normalized spacial score (nSPS) is 20.4. The predicted molar refractivity (Wildman–Crippen MR) is 131 cm³/mol. The minimum Gasteiger partial charge on any atom is -0.465 e. The molecule has 0 N–H and O–H groups in total. The third kappa shape index (κ3) is 5.50. The maximum atomic E-state index is 12.9. The largest absolute Gasteiger partial charge is 0.465 e. The fourth-order valence-electron chi connectivity index (χ4n) is 5.05. The summed E-state index contributed by atoms with van der Waals surface area (Å²) in [6.45, 7) is 10.7. The molecule has 0 saturated carbocycles. The summed E-state index contributed by atoms with van der Waals surface area (Å²) in [5.41, 5.74) is 1.34. The predicted octanol–water partition coefficient (Wildman–Crippen LogP) is 6.12. The molecule has 0 radical (unpaired) electrons. The van der Waals surface area contributed by atoms with Crippen LogP contribution < -0.4 is 0 Å². The van der Waals surface area contributed by atoms with Gasteiger partial charge in [-0.25, -0.2) is 9.59 Å². The van der Waals surface area contributed by atoms with Crippen LogP contribution in [0.1, 0.15) is 92.7 Å². The number of hydrogen-bond acceptors (Lipinski definition) is 6. The zero-order chi connectivity index (χ0) is 24.9. The fourth-order valence-corrected chi connectivity index (χ4v) is 5.05. The van der Waals surface area contributed by atoms with E-state index in [2.05, 4.69) is 51.8 Å². The Bertz CT molecular complexity index is 966. The van der Waals surface area contributed by atoms with Crippen LogP contribution >= 0.6 is 0 Å². The second kappa shape index (κ2) is 10.7. The van der Waals surface area contributed by atoms with Gasteiger partial charge in [0.25, 0.3) is 0 Å². The number of hydroxylamine groups is 2. The van der Waals surface area contributed by atoms with Gasteiger partial charge in [0.15, 0.2) is 0 Å². The summed E-state index contributed by atoms with van der Waals surface area (Å²) in [5.74, 6) is -0.820. The number of ether oxygens (including phenoxy) is 2. The van der Waals surface area contributed by atoms with Gasteiger partial charge < -0.3 is 9.47 Å². The number of methoxy groups -OCH3 is 1. The fraction of sp³-hybridized carbons (Fsp3) is 0.500. The highest BCUT2D eigenvalue weighted by molar-refractivity contribution is 5.93. The van der Waals surface area contributed by atoms with Crippen molar-refractivity contribution in [3.63, 3.8) is 0 Å². The van der Waals surface area contributed by atoms with Crippen LogP contribution in [-0.2, 0) is 14.3 Å². The van der Waals surface area contributed by atoms with Crippen LogP contribution in [0.25, 0.3) is 0 Å². The van der Waals surface area contributed by atoms with Crippen LogP contribution in [0.15, 0.2) is 54.6 Å². The van der Waals surface area contributed by atoms with Crippen molar-refractivity contribution in [1.82, 2.24) is 5.06 Å². The molecule has 6 heteroatoms. The average Bonchev–Trinajstić information content (AvgIpc) is 2.85. The van der Waals surface area contributed by atoms with Gasteiger partial charge in [-0.15, -0.1) is 0 Å². The van der Waals surface area contributed by atoms with E-state index >= 15 is 0 Å². The van der Waals surface area contributed by atoms with Gasteiger partial charge in [0, 0.05) is 23.9 Å². The molecule has 1 aliphatic rings. The maximum absolute atomic E-state index is 12.9. The Hall–Kier alpha value is -2.70. The third-order valence-corrected chi connectivity index (χ3v) is 6.98. The van der Waals surface area contributed by atoms with Crippen LogP contribution in [0.3, 0.4) is 0 Å². The molecule has 3 rings (SSSR count). The highest BCUT2D eigenvalue weighted by Crippen LogP contribution is 2.45. The molecule has 1 fully saturated rings. The number of carbonyl (C=O) groups excluding carboxylic acids is 2. The number of carbonyl (C=O) groups is 2. The van der Waals surface area contributed by atoms with E-state index in [4.69, 9.17) is 14.3 Å². The Morgan fingerprint density at radius 3 is 2.03 bits per heavy atom. The quantitative estimate of drug-likeness (QED) is 0.436. The van der Waals surface area contributed by atoms with Crippen molar-refractivity contribution >= 4 is 11.9 Å². The van der Waals surface area contributed by atoms with Gasteiger partial charge in [-0.1, -0.05) is 44.2 Å². The maximum Gasteiger partial charge on any atom is 0.338 e. The van der Waals surface area contributed by atoms with E-state index in [1.165, 1.54) is 7.11 Å². The first-order valence-electron chi connectivity index (χ1n) is 12.1. The molecule has 34 heavy (non-hydrogen) atoms. The second-order valence-corrected chi connectivity index (χ2v) is 9.70. The summed E-state index contributed by atoms with van der Waals surface area (Å²) in [4.78, 5) is 31.2. The number of benzene rings is 2. The molecule has 0 aliphatic carbocycles. The van der Waals surface area contributed by atoms with Crippen LogP contribution in [0.4, 0.5) is 0 Å². The Labute approximate surface area is 203 Å². The molecule has 0 amide bonds. The lowest BCUT2D eigenvalue weighted by atomic mass is 9.75. The summed E-state index contributed by atoms with van der Waals surface area (Å²) < 4.78 is 10.7. The average molecular weight is 468 g/mol. The van der Waals surface area contributed by atoms with Crippen molar-refractivity contribution in [2.75, 3.05) is 7.11 Å². The van der Waals surface area contributed by atoms with E-state index in [-0.39, 0.29) is 29.3 Å². The molecule has 2 unspecified atom stereocenters. The summed E-state index contributed by atoms with van der Waals surface area (Å²) in [6.07, 6.45) is 2.76. The summed E-state index contributed by atoms with van der Waals surface area (Å²) in [5, 5.41) is 2.17. The number of esters is 2. The van der Waals surface area contributed by atoms with E-state index in [1.54, 1.807) is 24.3 Å². The molecule has 6 nitrogen and oxygen atoms in total. The highest BCUT2D eigenvalue weighted by atomic mass is 16.7. The molecule has 184 valence electrons. The molecule has 1 saturated heterocycles. The van der Waals surface area contributed by atoms with Gasteiger partial charge in [-0.3, -0.25) is 4.84 Å². The van der Waals surface area contributed by atoms with Crippen molar-refractivity contribution in [3.05, 3.63) is 71.3 Å². The zero-order valence-electron chi connectivity index (χ0n) is 21.2. The number of hydrogen-bond donors (Lipinski definition) is 0. The van der Waals surface area contributed by atoms with Crippen molar-refractivity contribution in [3.8, 4) is 0 Å². The first-order chi connectivity index (χ1) is 16.2. The first-order valence-corrected chi connectivity index (χ1v) is 12.1. The van der Waals surface area contributed by atoms with Gasteiger partial charge in [-0.05, 0) is 63.4 Å². The Kier molecular flexibility index (Phi) is 8.16. The number of nitrogens with zero attached hydrogens (tertiary/aromatic N) is 1. The number of rotatable bonds is 8. The van der Waals surface area contributed by atoms with E-state index in [0.717, 1.165) is 18.4 Å². The van der Waals surface area contributed by atoms with Crippen LogP contribution in [-0.4, -0.2) is 41.3 Å². The van der Waals surface area contributed by atoms with Crippen molar-refractivity contribution in [1.29, 1.82) is 0 Å². The zero-order valence-corrected chi connectivity index (χ0v) is 21.2. The monoisotopic (exact) mass is 467 g/mol. The van der Waals surface area contributed by atoms with Gasteiger partial charge in [0.1, 0.15) is 12.2 Å². The molecule has 1 aliphatic heterocycles. The standard InChI is InChI=1S/C28H37NO5/c1-7-28(8-2)19-24(33-26(31)23-16-14-22(15-17-23)25(30)32-6)18-27(4,5)29(28)34-20(3)21-12-10-9-11-13-21/h9-17,20,24H,7-8,18-19H2,1-6H3. The molecular weight excluding hydrogens is 430 g/mol. The Morgan fingerprint density at radius 2 is 1.50 bits per heavy atom. The van der Waals surface area contributed by atoms with Gasteiger partial charge in [0.05, 0.1) is 18.2 Å². The molecule has 0 bridgehead atoms. The lowest BCUT2D eigenvalue weighted by Gasteiger charge is -2.56. The summed E-state index contributed by atoms with van der Waals surface area (Å²) in [7, 11) is 1.33. The van der Waals surface area contributed by atoms with Crippen molar-refractivity contribution in [2.45, 2.75) is 83.6 Å². The lowest BCUT2D eigenvalue weighted by Crippen LogP contribution is -2.64. The van der Waals surface area contributed by atoms with Gasteiger partial charge >= 0.3 is 11.9 Å². The van der Waals surface area contributed by atoms with Crippen molar-refractivity contribution < 1.29 is 23.9 Å². The van der Waals surface area contributed by atoms with E-state index in [0.29, 0.717) is 24.0 Å². The minimum absolute atomic E-state index is 0.0922. The molecule has 2 aromatic rings. The van der Waals surface area contributed by atoms with Crippen molar-refractivity contribution in [2.24, 2.45) is 0 Å². The molecule has 1 heterocycles. The molecule has 2 aromatic carbocycles. The number of piperidine rings is 1. The smallest absolute Gasteiger partial charge is 0.338 e. The Morgan fingerprint density at radius 1 is 0.941 bits per heavy atom. The molecule has 2 atom stereocenters. The SMILES string of the molecule is CCC1(CC)CC(OC(=O)c2ccc(C(=O)OC)cc2)CC(C)(C)N1OC(C)c1ccccc1. The Balaban J connectivity index is 1.77. The highest BCUT2D eigenvalue weighted by Gasteiger charge is 2.51. The first kappa shape index (κ1) is 25.9. The van der Waals surface area contributed by atoms with E-state index < -0.39 is 5.97 Å². The topological polar surface area (TPSA) is 65.1 Å². The van der Waals surface area contributed by atoms with E-state index in [1.807, 2.05) is 18.2 Å². The summed E-state index contributed by atoms with van der Waals surface area (Å²) >= 11 is 0. The second-order valence-electron chi connectivity index (χ2n) is 9.70. The minimum atomic E-state index is -0.436. The van der Waals surface area contributed by atoms with Gasteiger partial charge in [0.2, 0.25) is 0 Å². The molecule has 0 spiro atoms.